The van der Waals surface area contributed by atoms with Gasteiger partial charge in [0.05, 0.1) is 0 Å². The van der Waals surface area contributed by atoms with Gasteiger partial charge >= 0.3 is 0 Å². The third kappa shape index (κ3) is 4.03. The van der Waals surface area contributed by atoms with E-state index in [0.29, 0.717) is 30.4 Å². The summed E-state index contributed by atoms with van der Waals surface area (Å²) in [5, 5.41) is 16.4. The molecule has 0 bridgehead atoms. The number of carbonyl (C=O) groups excluding carboxylic acids is 1. The molecule has 1 unspecified atom stereocenters. The van der Waals surface area contributed by atoms with Crippen molar-refractivity contribution in [3.8, 4) is 11.4 Å². The third-order valence-corrected chi connectivity index (χ3v) is 4.16. The summed E-state index contributed by atoms with van der Waals surface area (Å²) in [4.78, 5) is 16.0. The van der Waals surface area contributed by atoms with Crippen molar-refractivity contribution in [3.05, 3.63) is 29.3 Å². The number of benzene rings is 1. The standard InChI is InChI=1S/C15H19ClN6O.ClH/c1-2-13(15(23)21-9-7-17-8-10-21)22-19-14(18-20-22)11-3-5-12(16)6-4-11;/h3-6,13,17H,2,7-10H2,1H3;1H. The first-order chi connectivity index (χ1) is 11.2. The first kappa shape index (κ1) is 18.6. The number of carbonyl (C=O) groups is 1. The summed E-state index contributed by atoms with van der Waals surface area (Å²) in [5.41, 5.74) is 0.824. The van der Waals surface area contributed by atoms with Gasteiger partial charge in [-0.05, 0) is 35.9 Å². The Morgan fingerprint density at radius 2 is 1.96 bits per heavy atom. The fourth-order valence-corrected chi connectivity index (χ4v) is 2.73. The van der Waals surface area contributed by atoms with E-state index in [1.807, 2.05) is 24.0 Å². The van der Waals surface area contributed by atoms with Crippen LogP contribution in [0, 0.1) is 0 Å². The summed E-state index contributed by atoms with van der Waals surface area (Å²) >= 11 is 5.89. The SMILES string of the molecule is CCC(C(=O)N1CCNCC1)n1nnc(-c2ccc(Cl)cc2)n1.Cl. The third-order valence-electron chi connectivity index (χ3n) is 3.91. The Morgan fingerprint density at radius 1 is 1.29 bits per heavy atom. The highest BCUT2D eigenvalue weighted by Crippen LogP contribution is 2.19. The second kappa shape index (κ2) is 8.41. The van der Waals surface area contributed by atoms with Crippen molar-refractivity contribution in [1.82, 2.24) is 30.4 Å². The lowest BCUT2D eigenvalue weighted by Crippen LogP contribution is -2.49. The van der Waals surface area contributed by atoms with Crippen LogP contribution in [-0.2, 0) is 4.79 Å². The molecule has 2 aromatic rings. The van der Waals surface area contributed by atoms with Crippen molar-refractivity contribution in [1.29, 1.82) is 0 Å². The number of nitrogens with zero attached hydrogens (tertiary/aromatic N) is 5. The summed E-state index contributed by atoms with van der Waals surface area (Å²) in [6, 6.07) is 6.81. The topological polar surface area (TPSA) is 75.9 Å². The van der Waals surface area contributed by atoms with E-state index < -0.39 is 6.04 Å². The zero-order valence-corrected chi connectivity index (χ0v) is 14.9. The number of halogens is 2. The van der Waals surface area contributed by atoms with Crippen LogP contribution in [0.25, 0.3) is 11.4 Å². The van der Waals surface area contributed by atoms with E-state index >= 15 is 0 Å². The monoisotopic (exact) mass is 370 g/mol. The van der Waals surface area contributed by atoms with Gasteiger partial charge in [0.1, 0.15) is 0 Å². The maximum Gasteiger partial charge on any atom is 0.249 e. The number of amides is 1. The first-order valence-corrected chi connectivity index (χ1v) is 8.12. The smallest absolute Gasteiger partial charge is 0.249 e. The average molecular weight is 371 g/mol. The Kier molecular flexibility index (Phi) is 6.53. The van der Waals surface area contributed by atoms with Crippen LogP contribution in [0.3, 0.4) is 0 Å². The molecular weight excluding hydrogens is 351 g/mol. The zero-order chi connectivity index (χ0) is 16.2. The normalized spacial score (nSPS) is 15.7. The Balaban J connectivity index is 0.00000208. The van der Waals surface area contributed by atoms with E-state index in [-0.39, 0.29) is 18.3 Å². The molecule has 1 amide bonds. The molecule has 9 heteroatoms. The van der Waals surface area contributed by atoms with Gasteiger partial charge in [0, 0.05) is 36.8 Å². The van der Waals surface area contributed by atoms with E-state index in [4.69, 9.17) is 11.6 Å². The van der Waals surface area contributed by atoms with Crippen molar-refractivity contribution in [2.75, 3.05) is 26.2 Å². The van der Waals surface area contributed by atoms with Crippen LogP contribution in [0.4, 0.5) is 0 Å². The van der Waals surface area contributed by atoms with Gasteiger partial charge in [-0.1, -0.05) is 18.5 Å². The van der Waals surface area contributed by atoms with E-state index in [2.05, 4.69) is 20.7 Å². The van der Waals surface area contributed by atoms with Crippen LogP contribution in [-0.4, -0.2) is 57.2 Å². The number of nitrogens with one attached hydrogen (secondary N) is 1. The molecule has 1 aliphatic heterocycles. The van der Waals surface area contributed by atoms with Gasteiger partial charge in [-0.3, -0.25) is 4.79 Å². The maximum atomic E-state index is 12.7. The quantitative estimate of drug-likeness (QED) is 0.887. The van der Waals surface area contributed by atoms with Crippen molar-refractivity contribution < 1.29 is 4.79 Å². The number of rotatable bonds is 4. The highest BCUT2D eigenvalue weighted by atomic mass is 35.5. The Bertz CT molecular complexity index is 669. The predicted octanol–water partition coefficient (Wildman–Crippen LogP) is 1.80. The Hall–Kier alpha value is -1.70. The van der Waals surface area contributed by atoms with Crippen LogP contribution < -0.4 is 5.32 Å². The minimum absolute atomic E-state index is 0. The fourth-order valence-electron chi connectivity index (χ4n) is 2.60. The molecule has 0 saturated carbocycles. The minimum atomic E-state index is -0.415. The van der Waals surface area contributed by atoms with Gasteiger partial charge in [-0.2, -0.15) is 4.80 Å². The summed E-state index contributed by atoms with van der Waals surface area (Å²) in [6.07, 6.45) is 0.624. The van der Waals surface area contributed by atoms with Crippen molar-refractivity contribution in [2.24, 2.45) is 0 Å². The van der Waals surface area contributed by atoms with Gasteiger partial charge < -0.3 is 10.2 Å². The van der Waals surface area contributed by atoms with Gasteiger partial charge in [-0.25, -0.2) is 0 Å². The zero-order valence-electron chi connectivity index (χ0n) is 13.4. The molecule has 7 nitrogen and oxygen atoms in total. The lowest BCUT2D eigenvalue weighted by atomic mass is 10.2. The molecular formula is C15H20Cl2N6O. The average Bonchev–Trinajstić information content (AvgIpc) is 3.06. The molecule has 1 aromatic heterocycles. The molecule has 130 valence electrons. The van der Waals surface area contributed by atoms with Gasteiger partial charge in [0.2, 0.25) is 11.7 Å². The summed E-state index contributed by atoms with van der Waals surface area (Å²) in [7, 11) is 0. The highest BCUT2D eigenvalue weighted by Gasteiger charge is 2.27. The van der Waals surface area contributed by atoms with E-state index in [1.165, 1.54) is 4.80 Å². The predicted molar refractivity (Wildman–Crippen MR) is 94.3 cm³/mol. The number of aromatic nitrogens is 4. The minimum Gasteiger partial charge on any atom is -0.338 e. The van der Waals surface area contributed by atoms with Crippen LogP contribution in [0.1, 0.15) is 19.4 Å². The van der Waals surface area contributed by atoms with Crippen molar-refractivity contribution in [2.45, 2.75) is 19.4 Å². The maximum absolute atomic E-state index is 12.7. The molecule has 2 heterocycles. The second-order valence-corrected chi connectivity index (χ2v) is 5.88. The lowest BCUT2D eigenvalue weighted by molar-refractivity contribution is -0.136. The van der Waals surface area contributed by atoms with Crippen LogP contribution in [0.15, 0.2) is 24.3 Å². The molecule has 1 aliphatic rings. The number of hydrogen-bond acceptors (Lipinski definition) is 5. The highest BCUT2D eigenvalue weighted by molar-refractivity contribution is 6.30. The molecule has 1 atom stereocenters. The van der Waals surface area contributed by atoms with E-state index in [1.54, 1.807) is 12.1 Å². The Labute approximate surface area is 151 Å². The van der Waals surface area contributed by atoms with Crippen molar-refractivity contribution >= 4 is 29.9 Å². The summed E-state index contributed by atoms with van der Waals surface area (Å²) in [5.74, 6) is 0.544. The molecule has 3 rings (SSSR count). The second-order valence-electron chi connectivity index (χ2n) is 5.44. The largest absolute Gasteiger partial charge is 0.338 e. The Morgan fingerprint density at radius 3 is 2.58 bits per heavy atom. The van der Waals surface area contributed by atoms with Crippen molar-refractivity contribution in [3.63, 3.8) is 0 Å². The van der Waals surface area contributed by atoms with E-state index in [0.717, 1.165) is 18.7 Å². The molecule has 24 heavy (non-hydrogen) atoms. The van der Waals surface area contributed by atoms with Gasteiger partial charge in [0.15, 0.2) is 6.04 Å². The molecule has 0 radical (unpaired) electrons. The molecule has 1 N–H and O–H groups in total. The lowest BCUT2D eigenvalue weighted by Gasteiger charge is -2.30. The summed E-state index contributed by atoms with van der Waals surface area (Å²) < 4.78 is 0. The van der Waals surface area contributed by atoms with Crippen LogP contribution in [0.5, 0.6) is 0 Å². The molecule has 0 spiro atoms. The first-order valence-electron chi connectivity index (χ1n) is 7.74. The fraction of sp³-hybridized carbons (Fsp3) is 0.467. The summed E-state index contributed by atoms with van der Waals surface area (Å²) in [6.45, 7) is 5.03. The molecule has 1 aromatic carbocycles. The van der Waals surface area contributed by atoms with Gasteiger partial charge in [0.25, 0.3) is 0 Å². The van der Waals surface area contributed by atoms with Crippen LogP contribution in [0.2, 0.25) is 5.02 Å². The number of hydrogen-bond donors (Lipinski definition) is 1. The molecule has 1 fully saturated rings. The van der Waals surface area contributed by atoms with Crippen LogP contribution >= 0.6 is 24.0 Å². The molecule has 0 aliphatic carbocycles. The molecule has 1 saturated heterocycles. The number of tetrazole rings is 1. The van der Waals surface area contributed by atoms with E-state index in [9.17, 15) is 4.79 Å². The number of piperazine rings is 1. The van der Waals surface area contributed by atoms with Gasteiger partial charge in [-0.15, -0.1) is 22.6 Å².